The molecule has 0 unspecified atom stereocenters. The summed E-state index contributed by atoms with van der Waals surface area (Å²) < 4.78 is 12.2. The first-order valence-corrected chi connectivity index (χ1v) is 11.9. The van der Waals surface area contributed by atoms with Gasteiger partial charge in [0.15, 0.2) is 0 Å². The highest BCUT2D eigenvalue weighted by molar-refractivity contribution is 5.81. The number of aryl methyl sites for hydroxylation is 1. The molecule has 0 atom stereocenters. The van der Waals surface area contributed by atoms with E-state index in [4.69, 9.17) is 9.15 Å². The molecule has 0 aliphatic carbocycles. The standard InChI is InChI=1S/C26H42NO3/c1-5-6-7-8-9-10-11-12-13-14-17-27(3,4)18-19-29-23-15-16-24-22(2)20-26(28)30-25(24)21-23/h15-16,20-21H,5-14,17-19H2,1-4H3/q+1. The third-order valence-electron chi connectivity index (χ3n) is 6.01. The first-order chi connectivity index (χ1) is 14.4. The zero-order chi connectivity index (χ0) is 21.8. The van der Waals surface area contributed by atoms with Crippen molar-refractivity contribution in [1.29, 1.82) is 0 Å². The lowest BCUT2D eigenvalue weighted by molar-refractivity contribution is -0.890. The summed E-state index contributed by atoms with van der Waals surface area (Å²) in [5, 5.41) is 0.957. The van der Waals surface area contributed by atoms with Crippen molar-refractivity contribution in [2.75, 3.05) is 33.8 Å². The molecule has 1 aromatic carbocycles. The number of likely N-dealkylation sites (N-methyl/N-ethyl adjacent to an activating group) is 1. The van der Waals surface area contributed by atoms with E-state index in [1.807, 2.05) is 25.1 Å². The molecule has 0 amide bonds. The normalized spacial score (nSPS) is 11.9. The molecular formula is C26H42NO3+. The number of hydrogen-bond donors (Lipinski definition) is 0. The fourth-order valence-electron chi connectivity index (χ4n) is 3.94. The van der Waals surface area contributed by atoms with Crippen LogP contribution >= 0.6 is 0 Å². The number of quaternary nitrogens is 1. The van der Waals surface area contributed by atoms with Gasteiger partial charge in [0.2, 0.25) is 0 Å². The molecule has 2 rings (SSSR count). The molecule has 4 nitrogen and oxygen atoms in total. The average Bonchev–Trinajstić information content (AvgIpc) is 2.69. The molecule has 0 aliphatic heterocycles. The van der Waals surface area contributed by atoms with E-state index in [0.29, 0.717) is 12.2 Å². The van der Waals surface area contributed by atoms with E-state index < -0.39 is 0 Å². The molecule has 168 valence electrons. The van der Waals surface area contributed by atoms with E-state index in [0.717, 1.165) is 27.7 Å². The van der Waals surface area contributed by atoms with Crippen LogP contribution in [0.2, 0.25) is 0 Å². The van der Waals surface area contributed by atoms with Crippen LogP contribution < -0.4 is 10.4 Å². The van der Waals surface area contributed by atoms with Crippen LogP contribution in [0.4, 0.5) is 0 Å². The maximum absolute atomic E-state index is 11.6. The molecule has 0 saturated heterocycles. The highest BCUT2D eigenvalue weighted by Crippen LogP contribution is 2.22. The molecule has 0 N–H and O–H groups in total. The first-order valence-electron chi connectivity index (χ1n) is 11.9. The van der Waals surface area contributed by atoms with E-state index in [9.17, 15) is 4.79 Å². The minimum absolute atomic E-state index is 0.313. The Hall–Kier alpha value is -1.81. The molecule has 0 fully saturated rings. The molecule has 0 saturated carbocycles. The van der Waals surface area contributed by atoms with Crippen LogP contribution in [0.1, 0.15) is 76.7 Å². The Kier molecular flexibility index (Phi) is 10.4. The Bertz CT molecular complexity index is 810. The second-order valence-electron chi connectivity index (χ2n) is 9.32. The van der Waals surface area contributed by atoms with Gasteiger partial charge in [0.05, 0.1) is 20.6 Å². The summed E-state index contributed by atoms with van der Waals surface area (Å²) in [6, 6.07) is 7.27. The first kappa shape index (κ1) is 24.5. The lowest BCUT2D eigenvalue weighted by Crippen LogP contribution is -2.43. The third-order valence-corrected chi connectivity index (χ3v) is 6.01. The van der Waals surface area contributed by atoms with Crippen molar-refractivity contribution in [3.8, 4) is 5.75 Å². The Morgan fingerprint density at radius 1 is 0.867 bits per heavy atom. The quantitative estimate of drug-likeness (QED) is 0.189. The topological polar surface area (TPSA) is 39.4 Å². The van der Waals surface area contributed by atoms with Gasteiger partial charge in [-0.15, -0.1) is 0 Å². The Balaban J connectivity index is 1.62. The predicted molar refractivity (Wildman–Crippen MR) is 126 cm³/mol. The van der Waals surface area contributed by atoms with E-state index >= 15 is 0 Å². The second kappa shape index (κ2) is 12.8. The van der Waals surface area contributed by atoms with Gasteiger partial charge in [-0.1, -0.05) is 58.3 Å². The van der Waals surface area contributed by atoms with Gasteiger partial charge in [-0.3, -0.25) is 0 Å². The molecule has 2 aromatic rings. The lowest BCUT2D eigenvalue weighted by Gasteiger charge is -2.29. The molecule has 0 radical (unpaired) electrons. The summed E-state index contributed by atoms with van der Waals surface area (Å²) in [7, 11) is 4.56. The molecule has 4 heteroatoms. The summed E-state index contributed by atoms with van der Waals surface area (Å²) in [5.41, 5.74) is 1.21. The second-order valence-corrected chi connectivity index (χ2v) is 9.32. The van der Waals surface area contributed by atoms with Crippen molar-refractivity contribution in [2.24, 2.45) is 0 Å². The monoisotopic (exact) mass is 416 g/mol. The summed E-state index contributed by atoms with van der Waals surface area (Å²) in [6.07, 6.45) is 13.7. The number of nitrogens with zero attached hydrogens (tertiary/aromatic N) is 1. The van der Waals surface area contributed by atoms with Crippen LogP contribution in [0, 0.1) is 6.92 Å². The smallest absolute Gasteiger partial charge is 0.336 e. The van der Waals surface area contributed by atoms with Gasteiger partial charge in [-0.25, -0.2) is 4.79 Å². The fourth-order valence-corrected chi connectivity index (χ4v) is 3.94. The number of hydrogen-bond acceptors (Lipinski definition) is 3. The van der Waals surface area contributed by atoms with Crippen molar-refractivity contribution in [3.05, 3.63) is 40.2 Å². The molecule has 0 spiro atoms. The summed E-state index contributed by atoms with van der Waals surface area (Å²) in [6.45, 7) is 7.01. The fraction of sp³-hybridized carbons (Fsp3) is 0.654. The van der Waals surface area contributed by atoms with Crippen molar-refractivity contribution in [3.63, 3.8) is 0 Å². The third kappa shape index (κ3) is 8.91. The van der Waals surface area contributed by atoms with Crippen molar-refractivity contribution < 1.29 is 13.6 Å². The zero-order valence-corrected chi connectivity index (χ0v) is 19.7. The van der Waals surface area contributed by atoms with Gasteiger partial charge in [-0.05, 0) is 37.5 Å². The van der Waals surface area contributed by atoms with Gasteiger partial charge >= 0.3 is 5.63 Å². The molecule has 30 heavy (non-hydrogen) atoms. The highest BCUT2D eigenvalue weighted by atomic mass is 16.5. The van der Waals surface area contributed by atoms with Crippen molar-refractivity contribution in [1.82, 2.24) is 0 Å². The number of ether oxygens (including phenoxy) is 1. The van der Waals surface area contributed by atoms with Gasteiger partial charge in [0.25, 0.3) is 0 Å². The molecule has 0 bridgehead atoms. The minimum atomic E-state index is -0.313. The Morgan fingerprint density at radius 3 is 2.17 bits per heavy atom. The summed E-state index contributed by atoms with van der Waals surface area (Å²) in [4.78, 5) is 11.6. The number of rotatable bonds is 15. The number of fused-ring (bicyclic) bond motifs is 1. The summed E-state index contributed by atoms with van der Waals surface area (Å²) in [5.74, 6) is 0.759. The SMILES string of the molecule is CCCCCCCCCCCC[N+](C)(C)CCOc1ccc2c(C)cc(=O)oc2c1. The molecular weight excluding hydrogens is 374 g/mol. The van der Waals surface area contributed by atoms with E-state index in [-0.39, 0.29) is 5.63 Å². The van der Waals surface area contributed by atoms with Crippen LogP contribution in [0.3, 0.4) is 0 Å². The molecule has 1 heterocycles. The van der Waals surface area contributed by atoms with Gasteiger partial charge in [0, 0.05) is 17.5 Å². The Labute approximate surface area is 182 Å². The summed E-state index contributed by atoms with van der Waals surface area (Å²) >= 11 is 0. The predicted octanol–water partition coefficient (Wildman–Crippen LogP) is 6.48. The minimum Gasteiger partial charge on any atom is -0.488 e. The number of benzene rings is 1. The van der Waals surface area contributed by atoms with Crippen molar-refractivity contribution >= 4 is 11.0 Å². The zero-order valence-electron chi connectivity index (χ0n) is 19.7. The highest BCUT2D eigenvalue weighted by Gasteiger charge is 2.14. The van der Waals surface area contributed by atoms with Gasteiger partial charge < -0.3 is 13.6 Å². The molecule has 1 aromatic heterocycles. The maximum atomic E-state index is 11.6. The van der Waals surface area contributed by atoms with E-state index in [2.05, 4.69) is 21.0 Å². The van der Waals surface area contributed by atoms with E-state index in [1.165, 1.54) is 76.8 Å². The van der Waals surface area contributed by atoms with Crippen LogP contribution in [-0.4, -0.2) is 38.3 Å². The average molecular weight is 417 g/mol. The largest absolute Gasteiger partial charge is 0.488 e. The van der Waals surface area contributed by atoms with Crippen molar-refractivity contribution in [2.45, 2.75) is 78.1 Å². The maximum Gasteiger partial charge on any atom is 0.336 e. The van der Waals surface area contributed by atoms with Crippen LogP contribution in [0.5, 0.6) is 5.75 Å². The van der Waals surface area contributed by atoms with E-state index in [1.54, 1.807) is 0 Å². The number of unbranched alkanes of at least 4 members (excludes halogenated alkanes) is 9. The lowest BCUT2D eigenvalue weighted by atomic mass is 10.1. The Morgan fingerprint density at radius 2 is 1.50 bits per heavy atom. The van der Waals surface area contributed by atoms with Gasteiger partial charge in [-0.2, -0.15) is 0 Å². The van der Waals surface area contributed by atoms with Crippen LogP contribution in [-0.2, 0) is 0 Å². The van der Waals surface area contributed by atoms with Crippen LogP contribution in [0.15, 0.2) is 33.5 Å². The van der Waals surface area contributed by atoms with Gasteiger partial charge in [0.1, 0.15) is 24.5 Å². The van der Waals surface area contributed by atoms with Crippen LogP contribution in [0.25, 0.3) is 11.0 Å². The molecule has 0 aliphatic rings.